The molecule has 0 bridgehead atoms. The second-order valence-corrected chi connectivity index (χ2v) is 8.78. The first-order valence-corrected chi connectivity index (χ1v) is 10.5. The van der Waals surface area contributed by atoms with E-state index in [1.807, 2.05) is 39.8 Å². The Labute approximate surface area is 175 Å². The summed E-state index contributed by atoms with van der Waals surface area (Å²) in [4.78, 5) is 17.8. The minimum Gasteiger partial charge on any atom is -0.478 e. The van der Waals surface area contributed by atoms with Crippen LogP contribution in [0.15, 0.2) is 27.8 Å². The minimum atomic E-state index is -0.765. The van der Waals surface area contributed by atoms with E-state index >= 15 is 0 Å². The Morgan fingerprint density at radius 1 is 1.36 bits per heavy atom. The monoisotopic (exact) mass is 455 g/mol. The molecule has 1 heterocycles. The highest BCUT2D eigenvalue weighted by molar-refractivity contribution is 9.10. The first-order chi connectivity index (χ1) is 13.1. The summed E-state index contributed by atoms with van der Waals surface area (Å²) in [6.07, 6.45) is 0.766. The average Bonchev–Trinajstić information content (AvgIpc) is 2.96. The van der Waals surface area contributed by atoms with Gasteiger partial charge in [-0.05, 0) is 59.2 Å². The molecule has 1 aromatic rings. The summed E-state index contributed by atoms with van der Waals surface area (Å²) in [7, 11) is 0. The van der Waals surface area contributed by atoms with Crippen molar-refractivity contribution in [1.82, 2.24) is 0 Å². The van der Waals surface area contributed by atoms with E-state index < -0.39 is 17.7 Å². The van der Waals surface area contributed by atoms with Crippen LogP contribution >= 0.6 is 15.9 Å². The average molecular weight is 456 g/mol. The van der Waals surface area contributed by atoms with Gasteiger partial charge in [0.2, 0.25) is 0 Å². The standard InChI is InChI=1S/C21H30BrNO5/c1-7-8-11-25-19-13(2)28-23-18(19)16-12-15(22)9-10-17(16)26-14(3)20(24)27-21(4,5)6/h9-10,12-14,19H,7-8,11H2,1-6H3. The second-order valence-electron chi connectivity index (χ2n) is 7.87. The van der Waals surface area contributed by atoms with Crippen molar-refractivity contribution in [2.45, 2.75) is 78.3 Å². The Balaban J connectivity index is 2.23. The fourth-order valence-corrected chi connectivity index (χ4v) is 3.03. The van der Waals surface area contributed by atoms with Crippen LogP contribution in [0.4, 0.5) is 0 Å². The fourth-order valence-electron chi connectivity index (χ4n) is 2.67. The van der Waals surface area contributed by atoms with E-state index in [0.29, 0.717) is 18.1 Å². The molecule has 1 aromatic carbocycles. The lowest BCUT2D eigenvalue weighted by atomic mass is 10.0. The Kier molecular flexibility index (Phi) is 7.89. The molecule has 3 unspecified atom stereocenters. The van der Waals surface area contributed by atoms with E-state index in [9.17, 15) is 4.79 Å². The van der Waals surface area contributed by atoms with E-state index in [0.717, 1.165) is 22.9 Å². The third-order valence-corrected chi connectivity index (χ3v) is 4.56. The van der Waals surface area contributed by atoms with Crippen LogP contribution < -0.4 is 4.74 Å². The first-order valence-electron chi connectivity index (χ1n) is 9.67. The predicted octanol–water partition coefficient (Wildman–Crippen LogP) is 4.87. The topological polar surface area (TPSA) is 66.4 Å². The molecule has 0 fully saturated rings. The number of carbonyl (C=O) groups excluding carboxylic acids is 1. The van der Waals surface area contributed by atoms with Gasteiger partial charge in [-0.1, -0.05) is 34.4 Å². The molecule has 0 spiro atoms. The third kappa shape index (κ3) is 6.21. The highest BCUT2D eigenvalue weighted by atomic mass is 79.9. The Morgan fingerprint density at radius 2 is 2.07 bits per heavy atom. The molecular weight excluding hydrogens is 426 g/mol. The van der Waals surface area contributed by atoms with E-state index in [-0.39, 0.29) is 12.2 Å². The van der Waals surface area contributed by atoms with Crippen molar-refractivity contribution in [3.8, 4) is 5.75 Å². The van der Waals surface area contributed by atoms with Crippen LogP contribution in [0, 0.1) is 0 Å². The molecule has 2 rings (SSSR count). The fraction of sp³-hybridized carbons (Fsp3) is 0.619. The largest absolute Gasteiger partial charge is 0.478 e. The van der Waals surface area contributed by atoms with Gasteiger partial charge in [0.15, 0.2) is 12.2 Å². The van der Waals surface area contributed by atoms with Gasteiger partial charge in [-0.15, -0.1) is 0 Å². The lowest BCUT2D eigenvalue weighted by Crippen LogP contribution is -2.34. The molecule has 1 aliphatic heterocycles. The van der Waals surface area contributed by atoms with Crippen molar-refractivity contribution in [3.63, 3.8) is 0 Å². The van der Waals surface area contributed by atoms with Gasteiger partial charge < -0.3 is 19.0 Å². The lowest BCUT2D eigenvalue weighted by molar-refractivity contribution is -0.162. The number of carbonyl (C=O) groups is 1. The number of hydrogen-bond acceptors (Lipinski definition) is 6. The van der Waals surface area contributed by atoms with E-state index in [1.165, 1.54) is 0 Å². The number of ether oxygens (including phenoxy) is 3. The summed E-state index contributed by atoms with van der Waals surface area (Å²) in [5, 5.41) is 4.24. The SMILES string of the molecule is CCCCOC1C(c2cc(Br)ccc2OC(C)C(=O)OC(C)(C)C)=NOC1C. The van der Waals surface area contributed by atoms with Crippen molar-refractivity contribution >= 4 is 27.6 Å². The number of nitrogens with zero attached hydrogens (tertiary/aromatic N) is 1. The zero-order valence-corrected chi connectivity index (χ0v) is 19.0. The zero-order valence-electron chi connectivity index (χ0n) is 17.5. The van der Waals surface area contributed by atoms with E-state index in [4.69, 9.17) is 19.0 Å². The van der Waals surface area contributed by atoms with Crippen molar-refractivity contribution in [3.05, 3.63) is 28.2 Å². The maximum Gasteiger partial charge on any atom is 0.347 e. The Hall–Kier alpha value is -1.60. The number of unbranched alkanes of at least 4 members (excludes halogenated alkanes) is 1. The molecule has 7 heteroatoms. The van der Waals surface area contributed by atoms with Crippen LogP contribution in [0.1, 0.15) is 59.9 Å². The predicted molar refractivity (Wildman–Crippen MR) is 112 cm³/mol. The first kappa shape index (κ1) is 22.7. The van der Waals surface area contributed by atoms with E-state index in [1.54, 1.807) is 13.0 Å². The molecule has 0 saturated carbocycles. The molecule has 28 heavy (non-hydrogen) atoms. The molecule has 6 nitrogen and oxygen atoms in total. The molecule has 3 atom stereocenters. The normalized spacial score (nSPS) is 20.3. The molecule has 156 valence electrons. The van der Waals surface area contributed by atoms with Gasteiger partial charge in [-0.3, -0.25) is 0 Å². The number of hydrogen-bond donors (Lipinski definition) is 0. The van der Waals surface area contributed by atoms with Gasteiger partial charge >= 0.3 is 5.97 Å². The molecular formula is C21H30BrNO5. The van der Waals surface area contributed by atoms with Crippen LogP contribution in [-0.2, 0) is 19.1 Å². The summed E-state index contributed by atoms with van der Waals surface area (Å²) < 4.78 is 18.2. The lowest BCUT2D eigenvalue weighted by Gasteiger charge is -2.24. The van der Waals surface area contributed by atoms with Crippen LogP contribution in [0.2, 0.25) is 0 Å². The molecule has 0 N–H and O–H groups in total. The van der Waals surface area contributed by atoms with Gasteiger partial charge in [0.1, 0.15) is 23.2 Å². The molecule has 0 amide bonds. The summed E-state index contributed by atoms with van der Waals surface area (Å²) >= 11 is 3.49. The maximum absolute atomic E-state index is 12.3. The number of rotatable bonds is 8. The van der Waals surface area contributed by atoms with Crippen molar-refractivity contribution in [1.29, 1.82) is 0 Å². The van der Waals surface area contributed by atoms with Gasteiger partial charge in [0.25, 0.3) is 0 Å². The van der Waals surface area contributed by atoms with Crippen LogP contribution in [0.3, 0.4) is 0 Å². The second kappa shape index (κ2) is 9.74. The molecule has 0 aliphatic carbocycles. The number of esters is 1. The number of halogens is 1. The van der Waals surface area contributed by atoms with Gasteiger partial charge in [-0.25, -0.2) is 4.79 Å². The highest BCUT2D eigenvalue weighted by Gasteiger charge is 2.35. The zero-order chi connectivity index (χ0) is 20.9. The minimum absolute atomic E-state index is 0.193. The summed E-state index contributed by atoms with van der Waals surface area (Å²) in [6, 6.07) is 5.55. The van der Waals surface area contributed by atoms with Crippen molar-refractivity contribution in [2.75, 3.05) is 6.61 Å². The van der Waals surface area contributed by atoms with Crippen LogP contribution in [0.25, 0.3) is 0 Å². The molecule has 0 aromatic heterocycles. The third-order valence-electron chi connectivity index (χ3n) is 4.07. The van der Waals surface area contributed by atoms with Crippen molar-refractivity contribution in [2.24, 2.45) is 5.16 Å². The highest BCUT2D eigenvalue weighted by Crippen LogP contribution is 2.30. The van der Waals surface area contributed by atoms with Crippen molar-refractivity contribution < 1.29 is 23.8 Å². The smallest absolute Gasteiger partial charge is 0.347 e. The summed E-state index contributed by atoms with van der Waals surface area (Å²) in [5.74, 6) is 0.109. The number of benzene rings is 1. The molecule has 0 radical (unpaired) electrons. The molecule has 0 saturated heterocycles. The Bertz CT molecular complexity index is 713. The van der Waals surface area contributed by atoms with E-state index in [2.05, 4.69) is 28.0 Å². The quantitative estimate of drug-likeness (QED) is 0.413. The van der Waals surface area contributed by atoms with Gasteiger partial charge in [0, 0.05) is 16.6 Å². The Morgan fingerprint density at radius 3 is 2.71 bits per heavy atom. The molecule has 1 aliphatic rings. The summed E-state index contributed by atoms with van der Waals surface area (Å²) in [5.41, 5.74) is 0.820. The summed E-state index contributed by atoms with van der Waals surface area (Å²) in [6.45, 7) is 11.8. The van der Waals surface area contributed by atoms with Crippen LogP contribution in [-0.4, -0.2) is 42.2 Å². The van der Waals surface area contributed by atoms with Gasteiger partial charge in [-0.2, -0.15) is 0 Å². The van der Waals surface area contributed by atoms with Gasteiger partial charge in [0.05, 0.1) is 0 Å². The number of oxime groups is 1. The maximum atomic E-state index is 12.3. The van der Waals surface area contributed by atoms with Crippen LogP contribution in [0.5, 0.6) is 5.75 Å².